The van der Waals surface area contributed by atoms with Gasteiger partial charge in [0.2, 0.25) is 5.91 Å². The molecule has 1 aliphatic rings. The van der Waals surface area contributed by atoms with Gasteiger partial charge in [0.05, 0.1) is 16.2 Å². The first-order chi connectivity index (χ1) is 11.2. The number of sulfone groups is 1. The molecule has 2 rings (SSSR count). The van der Waals surface area contributed by atoms with Crippen LogP contribution in [0, 0.1) is 5.92 Å². The van der Waals surface area contributed by atoms with Crippen molar-refractivity contribution in [3.63, 3.8) is 0 Å². The van der Waals surface area contributed by atoms with Crippen molar-refractivity contribution in [1.82, 2.24) is 4.90 Å². The number of likely N-dealkylation sites (tertiary alicyclic amines) is 1. The summed E-state index contributed by atoms with van der Waals surface area (Å²) < 4.78 is 25.2. The van der Waals surface area contributed by atoms with Gasteiger partial charge in [0, 0.05) is 19.0 Å². The van der Waals surface area contributed by atoms with Gasteiger partial charge in [-0.1, -0.05) is 19.9 Å². The molecule has 0 radical (unpaired) electrons. The number of amides is 1. The summed E-state index contributed by atoms with van der Waals surface area (Å²) in [5, 5.41) is 9.01. The minimum absolute atomic E-state index is 0.00874. The van der Waals surface area contributed by atoms with E-state index >= 15 is 0 Å². The van der Waals surface area contributed by atoms with Gasteiger partial charge in [-0.2, -0.15) is 0 Å². The van der Waals surface area contributed by atoms with Crippen molar-refractivity contribution in [3.8, 4) is 0 Å². The topological polar surface area (TPSA) is 91.8 Å². The van der Waals surface area contributed by atoms with Crippen molar-refractivity contribution >= 4 is 21.7 Å². The van der Waals surface area contributed by atoms with Crippen LogP contribution in [0.4, 0.5) is 0 Å². The van der Waals surface area contributed by atoms with Gasteiger partial charge in [-0.05, 0) is 37.0 Å². The summed E-state index contributed by atoms with van der Waals surface area (Å²) in [6, 6.07) is 5.01. The molecule has 24 heavy (non-hydrogen) atoms. The maximum Gasteiger partial charge on any atom is 0.335 e. The monoisotopic (exact) mass is 353 g/mol. The van der Waals surface area contributed by atoms with E-state index in [0.717, 1.165) is 6.42 Å². The number of hydrogen-bond acceptors (Lipinski definition) is 4. The van der Waals surface area contributed by atoms with Crippen molar-refractivity contribution < 1.29 is 23.1 Å². The van der Waals surface area contributed by atoms with Crippen LogP contribution in [-0.2, 0) is 14.6 Å². The molecule has 1 heterocycles. The third-order valence-electron chi connectivity index (χ3n) is 4.13. The Morgan fingerprint density at radius 2 is 2.04 bits per heavy atom. The first kappa shape index (κ1) is 18.4. The molecule has 0 bridgehead atoms. The van der Waals surface area contributed by atoms with Gasteiger partial charge in [-0.15, -0.1) is 0 Å². The van der Waals surface area contributed by atoms with E-state index in [-0.39, 0.29) is 34.1 Å². The first-order valence-electron chi connectivity index (χ1n) is 8.06. The zero-order chi connectivity index (χ0) is 17.9. The Hall–Kier alpha value is -1.89. The molecular weight excluding hydrogens is 330 g/mol. The van der Waals surface area contributed by atoms with Crippen LogP contribution < -0.4 is 0 Å². The first-order valence-corrected chi connectivity index (χ1v) is 9.71. The van der Waals surface area contributed by atoms with E-state index < -0.39 is 15.8 Å². The summed E-state index contributed by atoms with van der Waals surface area (Å²) in [5.74, 6) is -1.12. The summed E-state index contributed by atoms with van der Waals surface area (Å²) in [6.07, 6.45) is 1.85. The summed E-state index contributed by atoms with van der Waals surface area (Å²) in [7, 11) is -3.65. The second-order valence-electron chi connectivity index (χ2n) is 6.60. The molecule has 0 saturated carbocycles. The number of carbonyl (C=O) groups is 2. The number of nitrogens with zero attached hydrogens (tertiary/aromatic N) is 1. The predicted molar refractivity (Wildman–Crippen MR) is 89.6 cm³/mol. The Labute approximate surface area is 142 Å². The highest BCUT2D eigenvalue weighted by molar-refractivity contribution is 7.91. The van der Waals surface area contributed by atoms with E-state index in [2.05, 4.69) is 0 Å². The largest absolute Gasteiger partial charge is 0.478 e. The number of aromatic carboxylic acids is 1. The van der Waals surface area contributed by atoms with Crippen LogP contribution in [0.25, 0.3) is 0 Å². The molecule has 1 aliphatic heterocycles. The van der Waals surface area contributed by atoms with E-state index in [4.69, 9.17) is 5.11 Å². The van der Waals surface area contributed by atoms with Crippen LogP contribution in [0.1, 0.15) is 43.5 Å². The second-order valence-corrected chi connectivity index (χ2v) is 8.63. The van der Waals surface area contributed by atoms with Gasteiger partial charge >= 0.3 is 5.97 Å². The lowest BCUT2D eigenvalue weighted by Crippen LogP contribution is -2.40. The van der Waals surface area contributed by atoms with Crippen molar-refractivity contribution in [2.75, 3.05) is 12.3 Å². The maximum absolute atomic E-state index is 12.6. The average molecular weight is 353 g/mol. The van der Waals surface area contributed by atoms with Crippen LogP contribution in [0.3, 0.4) is 0 Å². The summed E-state index contributed by atoms with van der Waals surface area (Å²) in [5.41, 5.74) is -0.0600. The van der Waals surface area contributed by atoms with Gasteiger partial charge in [-0.25, -0.2) is 13.2 Å². The molecule has 1 fully saturated rings. The Morgan fingerprint density at radius 1 is 1.33 bits per heavy atom. The smallest absolute Gasteiger partial charge is 0.335 e. The fourth-order valence-corrected chi connectivity index (χ4v) is 4.61. The molecule has 0 aliphatic carbocycles. The number of carboxylic acid groups (broad SMARTS) is 1. The Balaban J connectivity index is 2.17. The molecule has 7 heteroatoms. The van der Waals surface area contributed by atoms with Gasteiger partial charge in [0.25, 0.3) is 0 Å². The van der Waals surface area contributed by atoms with Crippen molar-refractivity contribution in [3.05, 3.63) is 29.8 Å². The number of benzene rings is 1. The fraction of sp³-hybridized carbons (Fsp3) is 0.529. The zero-order valence-electron chi connectivity index (χ0n) is 13.9. The number of carbonyl (C=O) groups excluding carboxylic acids is 1. The van der Waals surface area contributed by atoms with Crippen LogP contribution in [0.2, 0.25) is 0 Å². The van der Waals surface area contributed by atoms with Crippen molar-refractivity contribution in [2.45, 2.75) is 44.0 Å². The summed E-state index contributed by atoms with van der Waals surface area (Å²) >= 11 is 0. The molecule has 1 atom stereocenters. The second kappa shape index (κ2) is 7.34. The quantitative estimate of drug-likeness (QED) is 0.846. The lowest BCUT2D eigenvalue weighted by atomic mass is 10.1. The molecular formula is C17H23NO5S. The molecule has 1 amide bonds. The summed E-state index contributed by atoms with van der Waals surface area (Å²) in [4.78, 5) is 25.0. The van der Waals surface area contributed by atoms with Gasteiger partial charge in [-0.3, -0.25) is 4.79 Å². The molecule has 132 valence electrons. The Morgan fingerprint density at radius 3 is 2.67 bits per heavy atom. The van der Waals surface area contributed by atoms with Crippen molar-refractivity contribution in [2.24, 2.45) is 5.92 Å². The van der Waals surface area contributed by atoms with Gasteiger partial charge in [0.1, 0.15) is 0 Å². The highest BCUT2D eigenvalue weighted by atomic mass is 32.2. The van der Waals surface area contributed by atoms with E-state index in [1.807, 2.05) is 13.8 Å². The minimum Gasteiger partial charge on any atom is -0.478 e. The molecule has 6 nitrogen and oxygen atoms in total. The highest BCUT2D eigenvalue weighted by Gasteiger charge is 2.33. The Kier molecular flexibility index (Phi) is 5.64. The fourth-order valence-electron chi connectivity index (χ4n) is 2.98. The SMILES string of the molecule is CC(C)CC(=O)N1CCC[C@H]1CS(=O)(=O)c1cccc(C(=O)O)c1. The van der Waals surface area contributed by atoms with Crippen LogP contribution in [0.15, 0.2) is 29.2 Å². The maximum atomic E-state index is 12.6. The number of carboxylic acids is 1. The van der Waals surface area contributed by atoms with E-state index in [1.54, 1.807) is 4.90 Å². The number of hydrogen-bond donors (Lipinski definition) is 1. The zero-order valence-corrected chi connectivity index (χ0v) is 14.8. The standard InChI is InChI=1S/C17H23NO5S/c1-12(2)9-16(19)18-8-4-6-14(18)11-24(22,23)15-7-3-5-13(10-15)17(20)21/h3,5,7,10,12,14H,4,6,8-9,11H2,1-2H3,(H,20,21)/t14-/m0/s1. The van der Waals surface area contributed by atoms with E-state index in [0.29, 0.717) is 19.4 Å². The minimum atomic E-state index is -3.65. The molecule has 1 aromatic carbocycles. The third kappa shape index (κ3) is 4.35. The van der Waals surface area contributed by atoms with Crippen LogP contribution in [0.5, 0.6) is 0 Å². The average Bonchev–Trinajstić information content (AvgIpc) is 2.94. The lowest BCUT2D eigenvalue weighted by Gasteiger charge is -2.25. The van der Waals surface area contributed by atoms with Gasteiger partial charge in [0.15, 0.2) is 9.84 Å². The summed E-state index contributed by atoms with van der Waals surface area (Å²) in [6.45, 7) is 4.50. The molecule has 1 saturated heterocycles. The predicted octanol–water partition coefficient (Wildman–Crippen LogP) is 2.20. The highest BCUT2D eigenvalue weighted by Crippen LogP contribution is 2.24. The third-order valence-corrected chi connectivity index (χ3v) is 5.93. The molecule has 0 spiro atoms. The lowest BCUT2D eigenvalue weighted by molar-refractivity contribution is -0.132. The van der Waals surface area contributed by atoms with E-state index in [9.17, 15) is 18.0 Å². The number of rotatable bonds is 6. The molecule has 1 N–H and O–H groups in total. The van der Waals surface area contributed by atoms with Crippen LogP contribution >= 0.6 is 0 Å². The normalized spacial score (nSPS) is 18.1. The molecule has 0 aromatic heterocycles. The van der Waals surface area contributed by atoms with Crippen molar-refractivity contribution in [1.29, 1.82) is 0 Å². The molecule has 1 aromatic rings. The van der Waals surface area contributed by atoms with Gasteiger partial charge < -0.3 is 10.0 Å². The Bertz CT molecular complexity index is 726. The van der Waals surface area contributed by atoms with E-state index in [1.165, 1.54) is 24.3 Å². The van der Waals surface area contributed by atoms with Crippen LogP contribution in [-0.4, -0.2) is 48.6 Å². The molecule has 0 unspecified atom stereocenters.